The van der Waals surface area contributed by atoms with Gasteiger partial charge in [0.2, 0.25) is 0 Å². The van der Waals surface area contributed by atoms with Gasteiger partial charge in [0.25, 0.3) is 0 Å². The molecular formula is C17H36N2O2. The van der Waals surface area contributed by atoms with E-state index in [0.717, 1.165) is 32.0 Å². The van der Waals surface area contributed by atoms with Crippen molar-refractivity contribution in [3.63, 3.8) is 0 Å². The Hall–Kier alpha value is -0.160. The van der Waals surface area contributed by atoms with E-state index in [2.05, 4.69) is 37.9 Å². The second kappa shape index (κ2) is 9.78. The van der Waals surface area contributed by atoms with Crippen molar-refractivity contribution in [2.24, 2.45) is 5.92 Å². The molecule has 0 aliphatic carbocycles. The van der Waals surface area contributed by atoms with Gasteiger partial charge in [-0.1, -0.05) is 20.8 Å². The minimum Gasteiger partial charge on any atom is -0.382 e. The van der Waals surface area contributed by atoms with Gasteiger partial charge in [-0.15, -0.1) is 0 Å². The van der Waals surface area contributed by atoms with Gasteiger partial charge in [0, 0.05) is 44.9 Å². The Morgan fingerprint density at radius 2 is 2.05 bits per heavy atom. The highest BCUT2D eigenvalue weighted by Crippen LogP contribution is 2.24. The summed E-state index contributed by atoms with van der Waals surface area (Å²) in [5.74, 6) is 0.757. The van der Waals surface area contributed by atoms with Crippen LogP contribution in [0.4, 0.5) is 0 Å². The summed E-state index contributed by atoms with van der Waals surface area (Å²) in [6.45, 7) is 14.9. The molecule has 0 saturated carbocycles. The fourth-order valence-electron chi connectivity index (χ4n) is 3.07. The molecule has 0 aromatic heterocycles. The number of hydrogen-bond donors (Lipinski definition) is 1. The number of ether oxygens (including phenoxy) is 2. The van der Waals surface area contributed by atoms with Gasteiger partial charge in [-0.2, -0.15) is 0 Å². The molecule has 0 spiro atoms. The first-order chi connectivity index (χ1) is 10.0. The fraction of sp³-hybridized carbons (Fsp3) is 1.00. The molecule has 1 fully saturated rings. The number of hydrogen-bond acceptors (Lipinski definition) is 4. The Kier molecular flexibility index (Phi) is 8.79. The molecule has 4 heteroatoms. The summed E-state index contributed by atoms with van der Waals surface area (Å²) in [7, 11) is 1.71. The fourth-order valence-corrected chi connectivity index (χ4v) is 3.07. The van der Waals surface area contributed by atoms with Crippen molar-refractivity contribution in [2.45, 2.75) is 58.5 Å². The largest absolute Gasteiger partial charge is 0.382 e. The maximum absolute atomic E-state index is 5.59. The lowest BCUT2D eigenvalue weighted by molar-refractivity contribution is 0.0264. The van der Waals surface area contributed by atoms with Crippen LogP contribution in [0.25, 0.3) is 0 Å². The number of nitrogens with one attached hydrogen (secondary N) is 1. The molecule has 1 saturated heterocycles. The first-order valence-corrected chi connectivity index (χ1v) is 8.57. The van der Waals surface area contributed by atoms with E-state index in [-0.39, 0.29) is 0 Å². The quantitative estimate of drug-likeness (QED) is 0.629. The average molecular weight is 300 g/mol. The van der Waals surface area contributed by atoms with E-state index < -0.39 is 0 Å². The van der Waals surface area contributed by atoms with Gasteiger partial charge in [-0.05, 0) is 32.1 Å². The van der Waals surface area contributed by atoms with Gasteiger partial charge in [-0.25, -0.2) is 0 Å². The summed E-state index contributed by atoms with van der Waals surface area (Å²) in [6, 6.07) is 0.638. The standard InChI is InChI=1S/C17H36N2O2/c1-6-17(4)14-18-16(12-15(2)3)13-19(17)8-7-9-21-11-10-20-5/h15-16,18H,6-14H2,1-5H3. The number of methoxy groups -OCH3 is 1. The summed E-state index contributed by atoms with van der Waals surface area (Å²) in [4.78, 5) is 2.68. The molecule has 126 valence electrons. The second-order valence-electron chi connectivity index (χ2n) is 6.96. The molecule has 0 aromatic carbocycles. The van der Waals surface area contributed by atoms with Crippen LogP contribution in [-0.2, 0) is 9.47 Å². The van der Waals surface area contributed by atoms with Crippen LogP contribution in [0.2, 0.25) is 0 Å². The topological polar surface area (TPSA) is 33.7 Å². The maximum atomic E-state index is 5.59. The molecule has 2 unspecified atom stereocenters. The SMILES string of the molecule is CCC1(C)CNC(CC(C)C)CN1CCCOCCOC. The Bertz CT molecular complexity index is 274. The van der Waals surface area contributed by atoms with Gasteiger partial charge in [0.15, 0.2) is 0 Å². The van der Waals surface area contributed by atoms with E-state index in [1.807, 2.05) is 0 Å². The zero-order valence-electron chi connectivity index (χ0n) is 14.8. The van der Waals surface area contributed by atoms with Crippen LogP contribution in [0.1, 0.15) is 47.0 Å². The van der Waals surface area contributed by atoms with Crippen molar-refractivity contribution in [1.29, 1.82) is 0 Å². The number of nitrogens with zero attached hydrogens (tertiary/aromatic N) is 1. The Labute approximate surface area is 131 Å². The van der Waals surface area contributed by atoms with E-state index in [0.29, 0.717) is 24.8 Å². The molecule has 0 bridgehead atoms. The van der Waals surface area contributed by atoms with Gasteiger partial charge in [0.1, 0.15) is 0 Å². The smallest absolute Gasteiger partial charge is 0.0700 e. The van der Waals surface area contributed by atoms with E-state index in [1.54, 1.807) is 7.11 Å². The van der Waals surface area contributed by atoms with Crippen LogP contribution in [0.15, 0.2) is 0 Å². The average Bonchev–Trinajstić information content (AvgIpc) is 2.45. The molecule has 0 radical (unpaired) electrons. The predicted octanol–water partition coefficient (Wildman–Crippen LogP) is 2.53. The van der Waals surface area contributed by atoms with Crippen molar-refractivity contribution >= 4 is 0 Å². The summed E-state index contributed by atoms with van der Waals surface area (Å²) >= 11 is 0. The van der Waals surface area contributed by atoms with Gasteiger partial charge < -0.3 is 14.8 Å². The number of piperazine rings is 1. The minimum absolute atomic E-state index is 0.292. The van der Waals surface area contributed by atoms with Crippen LogP contribution in [0.3, 0.4) is 0 Å². The lowest BCUT2D eigenvalue weighted by Gasteiger charge is -2.48. The van der Waals surface area contributed by atoms with Crippen LogP contribution in [0.5, 0.6) is 0 Å². The molecule has 4 nitrogen and oxygen atoms in total. The molecule has 21 heavy (non-hydrogen) atoms. The van der Waals surface area contributed by atoms with E-state index >= 15 is 0 Å². The molecule has 2 atom stereocenters. The molecular weight excluding hydrogens is 264 g/mol. The first kappa shape index (κ1) is 18.9. The van der Waals surface area contributed by atoms with Crippen molar-refractivity contribution in [1.82, 2.24) is 10.2 Å². The summed E-state index contributed by atoms with van der Waals surface area (Å²) < 4.78 is 10.6. The Morgan fingerprint density at radius 3 is 2.67 bits per heavy atom. The first-order valence-electron chi connectivity index (χ1n) is 8.57. The zero-order valence-corrected chi connectivity index (χ0v) is 14.8. The van der Waals surface area contributed by atoms with Crippen molar-refractivity contribution < 1.29 is 9.47 Å². The third kappa shape index (κ3) is 6.64. The molecule has 0 aromatic rings. The zero-order chi connectivity index (χ0) is 15.7. The van der Waals surface area contributed by atoms with Gasteiger partial charge >= 0.3 is 0 Å². The molecule has 1 aliphatic rings. The van der Waals surface area contributed by atoms with Crippen LogP contribution in [0, 0.1) is 5.92 Å². The normalized spacial score (nSPS) is 27.4. The minimum atomic E-state index is 0.292. The summed E-state index contributed by atoms with van der Waals surface area (Å²) in [6.07, 6.45) is 3.56. The van der Waals surface area contributed by atoms with Crippen LogP contribution >= 0.6 is 0 Å². The monoisotopic (exact) mass is 300 g/mol. The summed E-state index contributed by atoms with van der Waals surface area (Å²) in [5, 5.41) is 3.75. The van der Waals surface area contributed by atoms with Gasteiger partial charge in [0.05, 0.1) is 13.2 Å². The lowest BCUT2D eigenvalue weighted by atomic mass is 9.90. The Balaban J connectivity index is 2.37. The second-order valence-corrected chi connectivity index (χ2v) is 6.96. The molecule has 1 heterocycles. The number of rotatable bonds is 10. The third-order valence-corrected chi connectivity index (χ3v) is 4.64. The van der Waals surface area contributed by atoms with E-state index in [4.69, 9.17) is 9.47 Å². The van der Waals surface area contributed by atoms with Crippen LogP contribution in [-0.4, -0.2) is 63.0 Å². The predicted molar refractivity (Wildman–Crippen MR) is 88.8 cm³/mol. The maximum Gasteiger partial charge on any atom is 0.0700 e. The lowest BCUT2D eigenvalue weighted by Crippen LogP contribution is -2.63. The van der Waals surface area contributed by atoms with Crippen molar-refractivity contribution in [3.8, 4) is 0 Å². The van der Waals surface area contributed by atoms with E-state index in [1.165, 1.54) is 19.4 Å². The molecule has 0 amide bonds. The highest BCUT2D eigenvalue weighted by atomic mass is 16.5. The van der Waals surface area contributed by atoms with Crippen molar-refractivity contribution in [3.05, 3.63) is 0 Å². The Morgan fingerprint density at radius 1 is 1.29 bits per heavy atom. The molecule has 1 aliphatic heterocycles. The van der Waals surface area contributed by atoms with E-state index in [9.17, 15) is 0 Å². The van der Waals surface area contributed by atoms with Crippen molar-refractivity contribution in [2.75, 3.05) is 46.6 Å². The van der Waals surface area contributed by atoms with Gasteiger partial charge in [-0.3, -0.25) is 4.90 Å². The van der Waals surface area contributed by atoms with Crippen LogP contribution < -0.4 is 5.32 Å². The molecule has 1 rings (SSSR count). The highest BCUT2D eigenvalue weighted by molar-refractivity contribution is 4.95. The summed E-state index contributed by atoms with van der Waals surface area (Å²) in [5.41, 5.74) is 0.292. The third-order valence-electron chi connectivity index (χ3n) is 4.64. The molecule has 1 N–H and O–H groups in total. The highest BCUT2D eigenvalue weighted by Gasteiger charge is 2.35.